The van der Waals surface area contributed by atoms with Crippen molar-refractivity contribution < 1.29 is 14.2 Å². The molecular formula is C24H24N4O3S. The number of hydrogen-bond donors (Lipinski definition) is 1. The van der Waals surface area contributed by atoms with Gasteiger partial charge in [-0.3, -0.25) is 4.79 Å². The number of thiazole rings is 1. The van der Waals surface area contributed by atoms with Gasteiger partial charge >= 0.3 is 0 Å². The maximum absolute atomic E-state index is 13.1. The maximum Gasteiger partial charge on any atom is 0.277 e. The summed E-state index contributed by atoms with van der Waals surface area (Å²) in [7, 11) is 0. The Kier molecular flexibility index (Phi) is 6.32. The molecule has 2 aromatic carbocycles. The molecule has 0 spiro atoms. The quantitative estimate of drug-likeness (QED) is 0.386. The molecule has 7 nitrogen and oxygen atoms in total. The fraction of sp³-hybridized carbons (Fsp3) is 0.250. The highest BCUT2D eigenvalue weighted by molar-refractivity contribution is 7.15. The summed E-state index contributed by atoms with van der Waals surface area (Å²) in [5.74, 6) is 1.13. The van der Waals surface area contributed by atoms with Gasteiger partial charge in [-0.1, -0.05) is 44.2 Å². The SMILES string of the molecule is Cc1nc(C(=O)Nc2nonc2-c2ccc(OCC(C)C)c(C)c2)c(-c2ccccc2)s1. The average Bonchev–Trinajstić information content (AvgIpc) is 3.40. The fourth-order valence-corrected chi connectivity index (χ4v) is 4.13. The third kappa shape index (κ3) is 4.70. The number of rotatable bonds is 7. The van der Waals surface area contributed by atoms with Crippen molar-refractivity contribution in [2.75, 3.05) is 11.9 Å². The van der Waals surface area contributed by atoms with E-state index < -0.39 is 0 Å². The lowest BCUT2D eigenvalue weighted by molar-refractivity contribution is 0.102. The highest BCUT2D eigenvalue weighted by Gasteiger charge is 2.22. The molecule has 0 aliphatic heterocycles. The molecule has 32 heavy (non-hydrogen) atoms. The van der Waals surface area contributed by atoms with Gasteiger partial charge in [0.25, 0.3) is 5.91 Å². The molecule has 8 heteroatoms. The lowest BCUT2D eigenvalue weighted by atomic mass is 10.1. The van der Waals surface area contributed by atoms with E-state index in [1.807, 2.05) is 62.4 Å². The molecule has 0 radical (unpaired) electrons. The number of amides is 1. The summed E-state index contributed by atoms with van der Waals surface area (Å²) in [5.41, 5.74) is 3.47. The number of carbonyl (C=O) groups excluding carboxylic acids is 1. The minimum Gasteiger partial charge on any atom is -0.493 e. The van der Waals surface area contributed by atoms with Crippen LogP contribution in [0, 0.1) is 19.8 Å². The van der Waals surface area contributed by atoms with Crippen molar-refractivity contribution >= 4 is 23.1 Å². The van der Waals surface area contributed by atoms with Crippen LogP contribution >= 0.6 is 11.3 Å². The second-order valence-electron chi connectivity index (χ2n) is 7.88. The standard InChI is InChI=1S/C24H24N4O3S/c1-14(2)13-30-19-11-10-18(12-15(19)3)20-23(28-31-27-20)26-24(29)21-22(32-16(4)25-21)17-8-6-5-7-9-17/h5-12,14H,13H2,1-4H3,(H,26,28,29). The molecule has 164 valence electrons. The molecule has 0 unspecified atom stereocenters. The Hall–Kier alpha value is -3.52. The van der Waals surface area contributed by atoms with Crippen LogP contribution in [0.4, 0.5) is 5.82 Å². The Bertz CT molecular complexity index is 1230. The number of benzene rings is 2. The second-order valence-corrected chi connectivity index (χ2v) is 9.08. The van der Waals surface area contributed by atoms with Gasteiger partial charge in [0.15, 0.2) is 5.69 Å². The van der Waals surface area contributed by atoms with Gasteiger partial charge < -0.3 is 10.1 Å². The average molecular weight is 449 g/mol. The first-order chi connectivity index (χ1) is 15.4. The summed E-state index contributed by atoms with van der Waals surface area (Å²) >= 11 is 1.47. The van der Waals surface area contributed by atoms with Gasteiger partial charge in [-0.25, -0.2) is 9.61 Å². The highest BCUT2D eigenvalue weighted by Crippen LogP contribution is 2.32. The molecule has 4 rings (SSSR count). The van der Waals surface area contributed by atoms with Crippen molar-refractivity contribution in [2.45, 2.75) is 27.7 Å². The van der Waals surface area contributed by atoms with Gasteiger partial charge in [0.1, 0.15) is 11.4 Å². The normalized spacial score (nSPS) is 11.0. The topological polar surface area (TPSA) is 90.1 Å². The second kappa shape index (κ2) is 9.32. The van der Waals surface area contributed by atoms with E-state index in [0.29, 0.717) is 23.9 Å². The zero-order chi connectivity index (χ0) is 22.7. The van der Waals surface area contributed by atoms with Gasteiger partial charge in [0, 0.05) is 5.56 Å². The van der Waals surface area contributed by atoms with E-state index in [4.69, 9.17) is 9.37 Å². The Morgan fingerprint density at radius 3 is 2.59 bits per heavy atom. The van der Waals surface area contributed by atoms with Crippen LogP contribution in [0.1, 0.15) is 34.9 Å². The van der Waals surface area contributed by atoms with Crippen LogP contribution in [0.3, 0.4) is 0 Å². The zero-order valence-electron chi connectivity index (χ0n) is 18.4. The van der Waals surface area contributed by atoms with Gasteiger partial charge in [0.2, 0.25) is 5.82 Å². The molecule has 0 saturated heterocycles. The number of aryl methyl sites for hydroxylation is 2. The van der Waals surface area contributed by atoms with Crippen molar-refractivity contribution in [3.05, 3.63) is 64.8 Å². The Balaban J connectivity index is 1.58. The van der Waals surface area contributed by atoms with Crippen molar-refractivity contribution in [3.63, 3.8) is 0 Å². The number of anilines is 1. The van der Waals surface area contributed by atoms with Crippen LogP contribution in [0.25, 0.3) is 21.7 Å². The molecule has 1 amide bonds. The molecule has 0 bridgehead atoms. The molecule has 0 atom stereocenters. The molecule has 0 aliphatic carbocycles. The Labute approximate surface area is 190 Å². The molecule has 2 heterocycles. The smallest absolute Gasteiger partial charge is 0.277 e. The molecule has 2 aromatic heterocycles. The van der Waals surface area contributed by atoms with Gasteiger partial charge in [-0.15, -0.1) is 11.3 Å². The zero-order valence-corrected chi connectivity index (χ0v) is 19.2. The number of ether oxygens (including phenoxy) is 1. The third-order valence-electron chi connectivity index (χ3n) is 4.73. The first-order valence-electron chi connectivity index (χ1n) is 10.3. The Morgan fingerprint density at radius 1 is 1.09 bits per heavy atom. The number of aromatic nitrogens is 3. The predicted molar refractivity (Wildman–Crippen MR) is 125 cm³/mol. The van der Waals surface area contributed by atoms with Crippen LogP contribution in [0.5, 0.6) is 5.75 Å². The summed E-state index contributed by atoms with van der Waals surface area (Å²) < 4.78 is 10.8. The van der Waals surface area contributed by atoms with Crippen molar-refractivity contribution in [1.29, 1.82) is 0 Å². The molecule has 1 N–H and O–H groups in total. The van der Waals surface area contributed by atoms with Crippen molar-refractivity contribution in [3.8, 4) is 27.4 Å². The van der Waals surface area contributed by atoms with Crippen LogP contribution in [0.15, 0.2) is 53.2 Å². The van der Waals surface area contributed by atoms with Gasteiger partial charge in [-0.2, -0.15) is 0 Å². The van der Waals surface area contributed by atoms with Crippen molar-refractivity contribution in [1.82, 2.24) is 15.3 Å². The van der Waals surface area contributed by atoms with Gasteiger partial charge in [-0.05, 0) is 59.4 Å². The first-order valence-corrected chi connectivity index (χ1v) is 11.1. The van der Waals surface area contributed by atoms with Crippen LogP contribution < -0.4 is 10.1 Å². The summed E-state index contributed by atoms with van der Waals surface area (Å²) in [6, 6.07) is 15.4. The van der Waals surface area contributed by atoms with E-state index in [1.54, 1.807) is 0 Å². The maximum atomic E-state index is 13.1. The third-order valence-corrected chi connectivity index (χ3v) is 5.75. The minimum atomic E-state index is -0.362. The van der Waals surface area contributed by atoms with E-state index in [-0.39, 0.29) is 11.7 Å². The number of carbonyl (C=O) groups is 1. The van der Waals surface area contributed by atoms with Crippen molar-refractivity contribution in [2.24, 2.45) is 5.92 Å². The van der Waals surface area contributed by atoms with Gasteiger partial charge in [0.05, 0.1) is 16.5 Å². The van der Waals surface area contributed by atoms with E-state index in [1.165, 1.54) is 11.3 Å². The Morgan fingerprint density at radius 2 is 1.88 bits per heavy atom. The van der Waals surface area contributed by atoms with Crippen LogP contribution in [-0.2, 0) is 0 Å². The first kappa shape index (κ1) is 21.7. The minimum absolute atomic E-state index is 0.245. The van der Waals surface area contributed by atoms with Crippen LogP contribution in [0.2, 0.25) is 0 Å². The molecule has 0 aliphatic rings. The predicted octanol–water partition coefficient (Wildman–Crippen LogP) is 5.76. The molecule has 4 aromatic rings. The number of nitrogens with zero attached hydrogens (tertiary/aromatic N) is 3. The highest BCUT2D eigenvalue weighted by atomic mass is 32.1. The van der Waals surface area contributed by atoms with Crippen LogP contribution in [-0.4, -0.2) is 27.8 Å². The summed E-state index contributed by atoms with van der Waals surface area (Å²) in [5, 5.41) is 11.5. The van der Waals surface area contributed by atoms with E-state index in [2.05, 4.69) is 34.5 Å². The lowest BCUT2D eigenvalue weighted by Crippen LogP contribution is -2.14. The summed E-state index contributed by atoms with van der Waals surface area (Å²) in [4.78, 5) is 18.3. The van der Waals surface area contributed by atoms with E-state index in [0.717, 1.165) is 32.3 Å². The number of hydrogen-bond acceptors (Lipinski definition) is 7. The fourth-order valence-electron chi connectivity index (χ4n) is 3.21. The summed E-state index contributed by atoms with van der Waals surface area (Å²) in [6.45, 7) is 8.70. The van der Waals surface area contributed by atoms with E-state index >= 15 is 0 Å². The summed E-state index contributed by atoms with van der Waals surface area (Å²) in [6.07, 6.45) is 0. The van der Waals surface area contributed by atoms with E-state index in [9.17, 15) is 4.79 Å². The monoisotopic (exact) mass is 448 g/mol. The lowest BCUT2D eigenvalue weighted by Gasteiger charge is -2.12. The molecule has 0 fully saturated rings. The molecular weight excluding hydrogens is 424 g/mol. The largest absolute Gasteiger partial charge is 0.493 e. The number of nitrogens with one attached hydrogen (secondary N) is 1. The molecule has 0 saturated carbocycles.